The van der Waals surface area contributed by atoms with Crippen LogP contribution in [0.2, 0.25) is 5.15 Å². The molecular weight excluding hydrogens is 351 g/mol. The summed E-state index contributed by atoms with van der Waals surface area (Å²) in [7, 11) is 0. The number of aryl methyl sites for hydroxylation is 1. The maximum absolute atomic E-state index is 11.9. The quantitative estimate of drug-likeness (QED) is 0.610. The molecular formula is C12H10ClIN2O. The van der Waals surface area contributed by atoms with E-state index in [2.05, 4.69) is 4.98 Å². The van der Waals surface area contributed by atoms with E-state index < -0.39 is 0 Å². The first-order valence-corrected chi connectivity index (χ1v) is 6.49. The summed E-state index contributed by atoms with van der Waals surface area (Å²) in [5.74, 6) is 0. The average Bonchev–Trinajstić information content (AvgIpc) is 2.30. The first kappa shape index (κ1) is 12.6. The highest BCUT2D eigenvalue weighted by Gasteiger charge is 2.07. The van der Waals surface area contributed by atoms with Crippen LogP contribution in [0.3, 0.4) is 0 Å². The third-order valence-corrected chi connectivity index (χ3v) is 3.95. The van der Waals surface area contributed by atoms with Crippen LogP contribution in [-0.4, -0.2) is 9.55 Å². The first-order chi connectivity index (χ1) is 8.08. The summed E-state index contributed by atoms with van der Waals surface area (Å²) >= 11 is 7.70. The summed E-state index contributed by atoms with van der Waals surface area (Å²) in [6.07, 6.45) is 1.48. The Hall–Kier alpha value is -0.880. The second kappa shape index (κ2) is 5.18. The van der Waals surface area contributed by atoms with Crippen molar-refractivity contribution in [3.05, 3.63) is 60.8 Å². The molecule has 88 valence electrons. The van der Waals surface area contributed by atoms with Crippen LogP contribution < -0.4 is 5.56 Å². The number of halogens is 2. The predicted octanol–water partition coefficient (Wildman–Crippen LogP) is 2.86. The fourth-order valence-electron chi connectivity index (χ4n) is 1.56. The topological polar surface area (TPSA) is 34.9 Å². The van der Waals surface area contributed by atoms with E-state index in [1.54, 1.807) is 4.57 Å². The average molecular weight is 361 g/mol. The molecule has 0 aliphatic heterocycles. The predicted molar refractivity (Wildman–Crippen MR) is 76.5 cm³/mol. The third kappa shape index (κ3) is 2.87. The standard InChI is InChI=1S/C12H10ClIN2O/c1-8-3-2-4-9(5-8)6-16-7-15-11(13)10(14)12(16)17/h2-5,7H,6H2,1H3. The van der Waals surface area contributed by atoms with Crippen LogP contribution in [0.25, 0.3) is 0 Å². The Kier molecular flexibility index (Phi) is 3.83. The smallest absolute Gasteiger partial charge is 0.268 e. The largest absolute Gasteiger partial charge is 0.294 e. The van der Waals surface area contributed by atoms with E-state index >= 15 is 0 Å². The van der Waals surface area contributed by atoms with E-state index in [0.29, 0.717) is 10.1 Å². The van der Waals surface area contributed by atoms with Crippen LogP contribution in [0.15, 0.2) is 35.4 Å². The zero-order chi connectivity index (χ0) is 12.4. The second-order valence-electron chi connectivity index (χ2n) is 3.77. The molecule has 5 heteroatoms. The summed E-state index contributed by atoms with van der Waals surface area (Å²) in [6, 6.07) is 8.04. The lowest BCUT2D eigenvalue weighted by Gasteiger charge is -2.07. The SMILES string of the molecule is Cc1cccc(Cn2cnc(Cl)c(I)c2=O)c1. The van der Waals surface area contributed by atoms with Crippen LogP contribution in [0.1, 0.15) is 11.1 Å². The van der Waals surface area contributed by atoms with Crippen molar-refractivity contribution < 1.29 is 0 Å². The van der Waals surface area contributed by atoms with Gasteiger partial charge in [-0.1, -0.05) is 41.4 Å². The minimum Gasteiger partial charge on any atom is -0.294 e. The second-order valence-corrected chi connectivity index (χ2v) is 5.21. The lowest BCUT2D eigenvalue weighted by molar-refractivity contribution is 0.730. The van der Waals surface area contributed by atoms with Gasteiger partial charge in [-0.3, -0.25) is 9.36 Å². The fraction of sp³-hybridized carbons (Fsp3) is 0.167. The molecule has 2 aromatic rings. The van der Waals surface area contributed by atoms with Gasteiger partial charge in [0.25, 0.3) is 5.56 Å². The molecule has 0 spiro atoms. The van der Waals surface area contributed by atoms with Crippen molar-refractivity contribution in [3.63, 3.8) is 0 Å². The van der Waals surface area contributed by atoms with Crippen LogP contribution in [0.5, 0.6) is 0 Å². The summed E-state index contributed by atoms with van der Waals surface area (Å²) < 4.78 is 2.02. The Morgan fingerprint density at radius 3 is 2.94 bits per heavy atom. The van der Waals surface area contributed by atoms with Crippen molar-refractivity contribution >= 4 is 34.2 Å². The van der Waals surface area contributed by atoms with Gasteiger partial charge in [0.15, 0.2) is 0 Å². The molecule has 1 heterocycles. The molecule has 0 radical (unpaired) electrons. The Balaban J connectivity index is 2.37. The molecule has 0 atom stereocenters. The van der Waals surface area contributed by atoms with Gasteiger partial charge in [-0.05, 0) is 35.1 Å². The van der Waals surface area contributed by atoms with Crippen molar-refractivity contribution in [1.82, 2.24) is 9.55 Å². The van der Waals surface area contributed by atoms with Crippen molar-refractivity contribution in [2.75, 3.05) is 0 Å². The highest BCUT2D eigenvalue weighted by Crippen LogP contribution is 2.10. The number of aromatic nitrogens is 2. The maximum atomic E-state index is 11.9. The molecule has 0 fully saturated rings. The molecule has 2 rings (SSSR count). The summed E-state index contributed by atoms with van der Waals surface area (Å²) in [5.41, 5.74) is 2.14. The molecule has 0 unspecified atom stereocenters. The molecule has 0 N–H and O–H groups in total. The summed E-state index contributed by atoms with van der Waals surface area (Å²) in [4.78, 5) is 15.9. The number of rotatable bonds is 2. The van der Waals surface area contributed by atoms with Crippen molar-refractivity contribution in [3.8, 4) is 0 Å². The Morgan fingerprint density at radius 2 is 2.24 bits per heavy atom. The van der Waals surface area contributed by atoms with E-state index in [-0.39, 0.29) is 10.7 Å². The van der Waals surface area contributed by atoms with Crippen molar-refractivity contribution in [2.45, 2.75) is 13.5 Å². The van der Waals surface area contributed by atoms with E-state index in [1.165, 1.54) is 11.9 Å². The van der Waals surface area contributed by atoms with Gasteiger partial charge >= 0.3 is 0 Å². The number of nitrogens with zero attached hydrogens (tertiary/aromatic N) is 2. The zero-order valence-electron chi connectivity index (χ0n) is 9.15. The normalized spacial score (nSPS) is 10.5. The van der Waals surface area contributed by atoms with E-state index in [1.807, 2.05) is 53.8 Å². The molecule has 17 heavy (non-hydrogen) atoms. The molecule has 3 nitrogen and oxygen atoms in total. The fourth-order valence-corrected chi connectivity index (χ4v) is 2.14. The summed E-state index contributed by atoms with van der Waals surface area (Å²) in [5, 5.41) is 0.260. The Bertz CT molecular complexity index is 610. The van der Waals surface area contributed by atoms with Crippen LogP contribution in [0.4, 0.5) is 0 Å². The molecule has 1 aromatic heterocycles. The molecule has 1 aromatic carbocycles. The molecule has 0 aliphatic carbocycles. The minimum atomic E-state index is -0.105. The van der Waals surface area contributed by atoms with Gasteiger partial charge in [0.2, 0.25) is 0 Å². The van der Waals surface area contributed by atoms with Gasteiger partial charge in [0.05, 0.1) is 12.9 Å². The Morgan fingerprint density at radius 1 is 1.47 bits per heavy atom. The zero-order valence-corrected chi connectivity index (χ0v) is 12.1. The van der Waals surface area contributed by atoms with E-state index in [0.717, 1.165) is 5.56 Å². The Labute approximate surface area is 118 Å². The third-order valence-electron chi connectivity index (χ3n) is 2.38. The van der Waals surface area contributed by atoms with Crippen LogP contribution in [-0.2, 0) is 6.54 Å². The maximum Gasteiger partial charge on any atom is 0.268 e. The van der Waals surface area contributed by atoms with Crippen LogP contribution >= 0.6 is 34.2 Å². The first-order valence-electron chi connectivity index (χ1n) is 5.04. The highest BCUT2D eigenvalue weighted by molar-refractivity contribution is 14.1. The molecule has 0 saturated carbocycles. The number of hydrogen-bond donors (Lipinski definition) is 0. The van der Waals surface area contributed by atoms with Gasteiger partial charge < -0.3 is 0 Å². The monoisotopic (exact) mass is 360 g/mol. The number of hydrogen-bond acceptors (Lipinski definition) is 2. The highest BCUT2D eigenvalue weighted by atomic mass is 127. The van der Waals surface area contributed by atoms with E-state index in [4.69, 9.17) is 11.6 Å². The molecule has 0 saturated heterocycles. The van der Waals surface area contributed by atoms with Gasteiger partial charge in [0.1, 0.15) is 8.72 Å². The minimum absolute atomic E-state index is 0.105. The molecule has 0 bridgehead atoms. The van der Waals surface area contributed by atoms with E-state index in [9.17, 15) is 4.79 Å². The lowest BCUT2D eigenvalue weighted by atomic mass is 10.1. The number of benzene rings is 1. The van der Waals surface area contributed by atoms with Crippen LogP contribution in [0, 0.1) is 10.5 Å². The van der Waals surface area contributed by atoms with Gasteiger partial charge in [-0.2, -0.15) is 0 Å². The van der Waals surface area contributed by atoms with Crippen molar-refractivity contribution in [2.24, 2.45) is 0 Å². The molecule has 0 aliphatic rings. The molecule has 0 amide bonds. The van der Waals surface area contributed by atoms with Crippen molar-refractivity contribution in [1.29, 1.82) is 0 Å². The van der Waals surface area contributed by atoms with Gasteiger partial charge in [0, 0.05) is 0 Å². The van der Waals surface area contributed by atoms with Gasteiger partial charge in [-0.15, -0.1) is 0 Å². The summed E-state index contributed by atoms with van der Waals surface area (Å²) in [6.45, 7) is 2.54. The lowest BCUT2D eigenvalue weighted by Crippen LogP contribution is -2.23. The van der Waals surface area contributed by atoms with Gasteiger partial charge in [-0.25, -0.2) is 4.98 Å².